The number of carbonyl (C=O) groups is 2. The Balaban J connectivity index is 0.000000269. The van der Waals surface area contributed by atoms with E-state index in [1.54, 1.807) is 12.4 Å². The van der Waals surface area contributed by atoms with Crippen LogP contribution >= 0.6 is 0 Å². The summed E-state index contributed by atoms with van der Waals surface area (Å²) >= 11 is 0. The first-order valence-corrected chi connectivity index (χ1v) is 9.87. The Morgan fingerprint density at radius 3 is 1.31 bits per heavy atom. The Labute approximate surface area is 214 Å². The second-order valence-corrected chi connectivity index (χ2v) is 6.81. The summed E-state index contributed by atoms with van der Waals surface area (Å²) in [5, 5.41) is 22.4. The molecule has 0 aliphatic carbocycles. The van der Waals surface area contributed by atoms with Crippen LogP contribution in [-0.4, -0.2) is 21.9 Å². The number of benzene rings is 3. The van der Waals surface area contributed by atoms with Crippen LogP contribution in [0.3, 0.4) is 0 Å². The first-order chi connectivity index (χ1) is 16.3. The summed E-state index contributed by atoms with van der Waals surface area (Å²) in [5.74, 6) is -3.86. The fraction of sp³-hybridized carbons (Fsp3) is 0. The molecule has 0 amide bonds. The van der Waals surface area contributed by atoms with Gasteiger partial charge < -0.3 is 25.3 Å². The number of rotatable bonds is 2. The van der Waals surface area contributed by atoms with Crippen LogP contribution in [0.5, 0.6) is 0 Å². The van der Waals surface area contributed by atoms with Crippen molar-refractivity contribution in [3.05, 3.63) is 120 Å². The summed E-state index contributed by atoms with van der Waals surface area (Å²) in [4.78, 5) is 28.8. The molecule has 0 fully saturated rings. The molecule has 0 saturated heterocycles. The number of hydrogen-bond donors (Lipinski definition) is 0. The molecule has 3 aromatic carbocycles. The Bertz CT molecular complexity index is 1360. The van der Waals surface area contributed by atoms with Gasteiger partial charge in [0.05, 0.1) is 23.0 Å². The monoisotopic (exact) mass is 536 g/mol. The van der Waals surface area contributed by atoms with Crippen molar-refractivity contribution in [2.24, 2.45) is 0 Å². The molecule has 7 nitrogen and oxygen atoms in total. The SMILES string of the molecule is O=C([O-])c1cccc(F)c1.O=C([O-])c1cccc(F)c1.[Co+2].[OH3+].c1cnc2c(c1)ccc1cccnc12. The first-order valence-electron chi connectivity index (χ1n) is 9.87. The molecule has 0 saturated carbocycles. The van der Waals surface area contributed by atoms with Gasteiger partial charge in [-0.2, -0.15) is 0 Å². The van der Waals surface area contributed by atoms with E-state index in [2.05, 4.69) is 34.2 Å². The van der Waals surface area contributed by atoms with Gasteiger partial charge in [-0.25, -0.2) is 8.78 Å². The number of hydrogen-bond acceptors (Lipinski definition) is 6. The molecule has 10 heteroatoms. The Morgan fingerprint density at radius 2 is 1.00 bits per heavy atom. The summed E-state index contributed by atoms with van der Waals surface area (Å²) in [6, 6.07) is 21.5. The van der Waals surface area contributed by atoms with Crippen molar-refractivity contribution in [1.29, 1.82) is 0 Å². The summed E-state index contributed by atoms with van der Waals surface area (Å²) in [6.07, 6.45) is 3.60. The maximum atomic E-state index is 12.2. The summed E-state index contributed by atoms with van der Waals surface area (Å²) < 4.78 is 24.5. The number of fused-ring (bicyclic) bond motifs is 3. The van der Waals surface area contributed by atoms with Crippen LogP contribution in [-0.2, 0) is 22.3 Å². The average Bonchev–Trinajstić information content (AvgIpc) is 2.85. The van der Waals surface area contributed by atoms with Crippen LogP contribution in [0.25, 0.3) is 21.8 Å². The number of carboxylic acids is 2. The van der Waals surface area contributed by atoms with Gasteiger partial charge in [0.1, 0.15) is 11.6 Å². The van der Waals surface area contributed by atoms with E-state index in [9.17, 15) is 28.6 Å². The third kappa shape index (κ3) is 8.20. The molecular weight excluding hydrogens is 517 g/mol. The zero-order valence-electron chi connectivity index (χ0n) is 18.4. The van der Waals surface area contributed by atoms with Crippen molar-refractivity contribution in [2.75, 3.05) is 0 Å². The van der Waals surface area contributed by atoms with Gasteiger partial charge in [-0.1, -0.05) is 48.5 Å². The molecule has 5 rings (SSSR count). The van der Waals surface area contributed by atoms with E-state index in [4.69, 9.17) is 0 Å². The molecule has 0 unspecified atom stereocenters. The molecule has 3 N–H and O–H groups in total. The number of aromatic carboxylic acids is 2. The Morgan fingerprint density at radius 1 is 0.611 bits per heavy atom. The fourth-order valence-electron chi connectivity index (χ4n) is 2.91. The van der Waals surface area contributed by atoms with Gasteiger partial charge in [-0.05, 0) is 36.4 Å². The standard InChI is InChI=1S/C12H8N2.2C7H5FO2.Co.H2O/c1-3-9-5-6-10-4-2-8-14-12(10)11(9)13-7-1;2*8-6-3-1-2-5(4-6)7(9)10;;/h1-8H;2*1-4H,(H,9,10);;1H2/q;;;+2;/p-1. The third-order valence-corrected chi connectivity index (χ3v) is 4.47. The Hall–Kier alpha value is -4.25. The second kappa shape index (κ2) is 14.2. The van der Waals surface area contributed by atoms with Crippen LogP contribution in [0.15, 0.2) is 97.3 Å². The molecule has 0 spiro atoms. The summed E-state index contributed by atoms with van der Waals surface area (Å²) in [7, 11) is 0. The van der Waals surface area contributed by atoms with Gasteiger partial charge in [0.2, 0.25) is 0 Å². The molecule has 5 aromatic rings. The predicted octanol–water partition coefficient (Wildman–Crippen LogP) is 2.24. The van der Waals surface area contributed by atoms with Crippen molar-refractivity contribution in [1.82, 2.24) is 9.97 Å². The molecule has 185 valence electrons. The van der Waals surface area contributed by atoms with Gasteiger partial charge in [0.25, 0.3) is 0 Å². The smallest absolute Gasteiger partial charge is 0.545 e. The average molecular weight is 536 g/mol. The van der Waals surface area contributed by atoms with Crippen molar-refractivity contribution in [2.45, 2.75) is 0 Å². The number of halogens is 2. The maximum Gasteiger partial charge on any atom is 2.00 e. The molecule has 36 heavy (non-hydrogen) atoms. The number of aromatic nitrogens is 2. The van der Waals surface area contributed by atoms with Gasteiger partial charge in [-0.15, -0.1) is 0 Å². The van der Waals surface area contributed by atoms with Crippen molar-refractivity contribution < 1.29 is 50.8 Å². The van der Waals surface area contributed by atoms with Crippen molar-refractivity contribution >= 4 is 33.7 Å². The minimum absolute atomic E-state index is 0. The minimum Gasteiger partial charge on any atom is -0.545 e. The summed E-state index contributed by atoms with van der Waals surface area (Å²) in [5.41, 5.74) is 1.68. The van der Waals surface area contributed by atoms with Gasteiger partial charge in [-0.3, -0.25) is 9.97 Å². The van der Waals surface area contributed by atoms with Gasteiger partial charge in [0, 0.05) is 34.3 Å². The van der Waals surface area contributed by atoms with E-state index in [-0.39, 0.29) is 33.4 Å². The molecule has 0 bridgehead atoms. The molecule has 2 aromatic heterocycles. The Kier molecular flexibility index (Phi) is 11.8. The number of nitrogens with zero attached hydrogens (tertiary/aromatic N) is 2. The molecule has 2 heterocycles. The molecule has 1 radical (unpaired) electrons. The van der Waals surface area contributed by atoms with Gasteiger partial charge >= 0.3 is 16.8 Å². The normalized spacial score (nSPS) is 9.39. The van der Waals surface area contributed by atoms with Crippen LogP contribution in [0.4, 0.5) is 8.78 Å². The van der Waals surface area contributed by atoms with Crippen LogP contribution in [0.1, 0.15) is 20.7 Å². The van der Waals surface area contributed by atoms with Crippen LogP contribution < -0.4 is 10.2 Å². The van der Waals surface area contributed by atoms with E-state index in [0.29, 0.717) is 0 Å². The zero-order chi connectivity index (χ0) is 24.5. The van der Waals surface area contributed by atoms with Crippen LogP contribution in [0, 0.1) is 11.6 Å². The first kappa shape index (κ1) is 29.8. The number of carboxylic acid groups (broad SMARTS) is 2. The zero-order valence-corrected chi connectivity index (χ0v) is 19.5. The number of pyridine rings is 2. The van der Waals surface area contributed by atoms with Crippen LogP contribution in [0.2, 0.25) is 0 Å². The maximum absolute atomic E-state index is 12.2. The van der Waals surface area contributed by atoms with E-state index in [1.165, 1.54) is 36.4 Å². The molecule has 0 aliphatic rings. The predicted molar refractivity (Wildman–Crippen MR) is 123 cm³/mol. The summed E-state index contributed by atoms with van der Waals surface area (Å²) in [6.45, 7) is 0. The minimum atomic E-state index is -1.36. The molecule has 0 aliphatic heterocycles. The largest absolute Gasteiger partial charge is 2.00 e. The van der Waals surface area contributed by atoms with E-state index in [1.807, 2.05) is 12.1 Å². The fourth-order valence-corrected chi connectivity index (χ4v) is 2.91. The van der Waals surface area contributed by atoms with Crippen molar-refractivity contribution in [3.63, 3.8) is 0 Å². The van der Waals surface area contributed by atoms with Crippen molar-refractivity contribution in [3.8, 4) is 0 Å². The van der Waals surface area contributed by atoms with E-state index in [0.717, 1.165) is 33.9 Å². The quantitative estimate of drug-likeness (QED) is 0.251. The third-order valence-electron chi connectivity index (χ3n) is 4.47. The molecule has 0 atom stereocenters. The van der Waals surface area contributed by atoms with E-state index < -0.39 is 23.6 Å². The van der Waals surface area contributed by atoms with Gasteiger partial charge in [0.15, 0.2) is 0 Å². The molecular formula is C26H19CoF2N2O5+. The second-order valence-electron chi connectivity index (χ2n) is 6.81. The number of carbonyl (C=O) groups excluding carboxylic acids is 2. The van der Waals surface area contributed by atoms with E-state index >= 15 is 0 Å². The topological polar surface area (TPSA) is 139 Å².